The first kappa shape index (κ1) is 9.49. The maximum Gasteiger partial charge on any atom is 0.156 e. The minimum absolute atomic E-state index is 0.157. The van der Waals surface area contributed by atoms with Gasteiger partial charge in [-0.25, -0.2) is 0 Å². The van der Waals surface area contributed by atoms with Crippen LogP contribution in [0, 0.1) is 0 Å². The van der Waals surface area contributed by atoms with Gasteiger partial charge in [0.1, 0.15) is 5.76 Å². The molecule has 3 N–H and O–H groups in total. The molecule has 0 saturated heterocycles. The number of allylic oxidation sites excluding steroid dienone is 2. The first-order chi connectivity index (χ1) is 5.11. The fourth-order valence-corrected chi connectivity index (χ4v) is 0.534. The van der Waals surface area contributed by atoms with E-state index in [-0.39, 0.29) is 11.5 Å². The fraction of sp³-hybridized carbons (Fsp3) is 0.125. The molecule has 0 unspecified atom stereocenters. The molecule has 3 nitrogen and oxygen atoms in total. The van der Waals surface area contributed by atoms with Crippen LogP contribution < -0.4 is 5.73 Å². The average molecular weight is 153 g/mol. The molecule has 0 aliphatic heterocycles. The number of carbonyl (C=O) groups excluding carboxylic acids is 1. The molecular formula is C8H11NO2. The number of carbonyl (C=O) groups is 1. The van der Waals surface area contributed by atoms with E-state index in [0.29, 0.717) is 5.57 Å². The third kappa shape index (κ3) is 3.25. The predicted molar refractivity (Wildman–Crippen MR) is 43.9 cm³/mol. The van der Waals surface area contributed by atoms with Crippen LogP contribution in [-0.2, 0) is 4.79 Å². The van der Waals surface area contributed by atoms with E-state index < -0.39 is 0 Å². The van der Waals surface area contributed by atoms with Gasteiger partial charge in [-0.15, -0.1) is 0 Å². The van der Waals surface area contributed by atoms with E-state index in [1.807, 2.05) is 0 Å². The zero-order valence-electron chi connectivity index (χ0n) is 6.37. The largest absolute Gasteiger partial charge is 0.507 e. The van der Waals surface area contributed by atoms with Crippen molar-refractivity contribution in [2.24, 2.45) is 5.73 Å². The standard InChI is InChI=1S/C8H11NO2/c1-3-7(5-9)8(11)4-6(2)10/h3-5,11H,1,9H2,2H3. The molecule has 0 aromatic carbocycles. The van der Waals surface area contributed by atoms with Crippen molar-refractivity contribution >= 4 is 5.78 Å². The molecule has 0 bridgehead atoms. The van der Waals surface area contributed by atoms with Crippen LogP contribution in [0.15, 0.2) is 36.3 Å². The zero-order valence-corrected chi connectivity index (χ0v) is 6.37. The molecule has 0 rings (SSSR count). The van der Waals surface area contributed by atoms with Gasteiger partial charge < -0.3 is 10.8 Å². The third-order valence-electron chi connectivity index (χ3n) is 1.04. The molecule has 0 heterocycles. The van der Waals surface area contributed by atoms with Gasteiger partial charge in [-0.1, -0.05) is 12.7 Å². The number of aliphatic hydroxyl groups is 1. The Balaban J connectivity index is 4.58. The molecule has 0 spiro atoms. The van der Waals surface area contributed by atoms with Gasteiger partial charge in [0.2, 0.25) is 0 Å². The molecule has 0 aliphatic carbocycles. The SMILES string of the molecule is C=CC(=CN)C(O)=CC(C)=O. The highest BCUT2D eigenvalue weighted by Crippen LogP contribution is 2.05. The molecule has 0 aromatic heterocycles. The second-order valence-corrected chi connectivity index (χ2v) is 1.97. The predicted octanol–water partition coefficient (Wildman–Crippen LogP) is 1.05. The second-order valence-electron chi connectivity index (χ2n) is 1.97. The van der Waals surface area contributed by atoms with Crippen molar-refractivity contribution in [2.75, 3.05) is 0 Å². The van der Waals surface area contributed by atoms with E-state index in [1.165, 1.54) is 19.2 Å². The summed E-state index contributed by atoms with van der Waals surface area (Å²) in [7, 11) is 0. The van der Waals surface area contributed by atoms with Crippen molar-refractivity contribution in [1.82, 2.24) is 0 Å². The number of hydrogen-bond donors (Lipinski definition) is 2. The van der Waals surface area contributed by atoms with Crippen LogP contribution in [0.2, 0.25) is 0 Å². The van der Waals surface area contributed by atoms with Gasteiger partial charge in [0.25, 0.3) is 0 Å². The van der Waals surface area contributed by atoms with Crippen molar-refractivity contribution in [1.29, 1.82) is 0 Å². The molecule has 0 atom stereocenters. The smallest absolute Gasteiger partial charge is 0.156 e. The van der Waals surface area contributed by atoms with Crippen LogP contribution in [0.25, 0.3) is 0 Å². The molecule has 3 heteroatoms. The summed E-state index contributed by atoms with van der Waals surface area (Å²) in [4.78, 5) is 10.5. The number of nitrogens with two attached hydrogens (primary N) is 1. The van der Waals surface area contributed by atoms with Crippen LogP contribution in [-0.4, -0.2) is 10.9 Å². The summed E-state index contributed by atoms with van der Waals surface area (Å²) in [5, 5.41) is 9.10. The van der Waals surface area contributed by atoms with Gasteiger partial charge in [0, 0.05) is 17.8 Å². The summed E-state index contributed by atoms with van der Waals surface area (Å²) in [6.07, 6.45) is 3.64. The minimum atomic E-state index is -0.233. The van der Waals surface area contributed by atoms with E-state index in [4.69, 9.17) is 10.8 Å². The fourth-order valence-electron chi connectivity index (χ4n) is 0.534. The van der Waals surface area contributed by atoms with Gasteiger partial charge in [-0.2, -0.15) is 0 Å². The summed E-state index contributed by atoms with van der Waals surface area (Å²) >= 11 is 0. The van der Waals surface area contributed by atoms with Crippen molar-refractivity contribution in [3.63, 3.8) is 0 Å². The van der Waals surface area contributed by atoms with Gasteiger partial charge >= 0.3 is 0 Å². The molecule has 0 radical (unpaired) electrons. The summed E-state index contributed by atoms with van der Waals surface area (Å²) in [6, 6.07) is 0. The Morgan fingerprint density at radius 2 is 2.18 bits per heavy atom. The van der Waals surface area contributed by atoms with Crippen molar-refractivity contribution in [2.45, 2.75) is 6.92 Å². The van der Waals surface area contributed by atoms with Gasteiger partial charge in [0.05, 0.1) is 0 Å². The van der Waals surface area contributed by atoms with E-state index in [2.05, 4.69) is 6.58 Å². The Morgan fingerprint density at radius 1 is 1.64 bits per heavy atom. The number of rotatable bonds is 3. The monoisotopic (exact) mass is 153 g/mol. The van der Waals surface area contributed by atoms with E-state index in [1.54, 1.807) is 0 Å². The Morgan fingerprint density at radius 3 is 2.45 bits per heavy atom. The first-order valence-electron chi connectivity index (χ1n) is 3.07. The average Bonchev–Trinajstić information content (AvgIpc) is 1.88. The summed E-state index contributed by atoms with van der Waals surface area (Å²) in [6.45, 7) is 4.74. The van der Waals surface area contributed by atoms with Crippen molar-refractivity contribution < 1.29 is 9.90 Å². The highest BCUT2D eigenvalue weighted by Gasteiger charge is 1.97. The van der Waals surface area contributed by atoms with Crippen molar-refractivity contribution in [3.05, 3.63) is 36.3 Å². The molecular weight excluding hydrogens is 142 g/mol. The zero-order chi connectivity index (χ0) is 8.85. The van der Waals surface area contributed by atoms with E-state index in [0.717, 1.165) is 6.08 Å². The summed E-state index contributed by atoms with van der Waals surface area (Å²) in [5.74, 6) is -0.390. The minimum Gasteiger partial charge on any atom is -0.507 e. The Bertz CT molecular complexity index is 226. The van der Waals surface area contributed by atoms with Crippen LogP contribution in [0.3, 0.4) is 0 Å². The molecule has 0 aromatic rings. The summed E-state index contributed by atoms with van der Waals surface area (Å²) in [5.41, 5.74) is 5.46. The molecule has 60 valence electrons. The normalized spacial score (nSPS) is 12.8. The molecule has 0 saturated carbocycles. The van der Waals surface area contributed by atoms with Crippen LogP contribution in [0.1, 0.15) is 6.92 Å². The molecule has 0 aliphatic rings. The number of hydrogen-bond acceptors (Lipinski definition) is 3. The molecule has 0 fully saturated rings. The van der Waals surface area contributed by atoms with Crippen LogP contribution >= 0.6 is 0 Å². The Hall–Kier alpha value is -1.51. The Labute approximate surface area is 65.5 Å². The summed E-state index contributed by atoms with van der Waals surface area (Å²) < 4.78 is 0. The lowest BCUT2D eigenvalue weighted by Gasteiger charge is -1.96. The molecule has 11 heavy (non-hydrogen) atoms. The molecule has 0 amide bonds. The first-order valence-corrected chi connectivity index (χ1v) is 3.07. The van der Waals surface area contributed by atoms with E-state index in [9.17, 15) is 4.79 Å². The number of ketones is 1. The topological polar surface area (TPSA) is 63.3 Å². The lowest BCUT2D eigenvalue weighted by atomic mass is 10.2. The quantitative estimate of drug-likeness (QED) is 0.362. The van der Waals surface area contributed by atoms with Crippen LogP contribution in [0.4, 0.5) is 0 Å². The van der Waals surface area contributed by atoms with Gasteiger partial charge in [-0.3, -0.25) is 4.79 Å². The van der Waals surface area contributed by atoms with Gasteiger partial charge in [-0.05, 0) is 6.92 Å². The van der Waals surface area contributed by atoms with Crippen molar-refractivity contribution in [3.8, 4) is 0 Å². The highest BCUT2D eigenvalue weighted by molar-refractivity contribution is 5.88. The van der Waals surface area contributed by atoms with Crippen LogP contribution in [0.5, 0.6) is 0 Å². The second kappa shape index (κ2) is 4.33. The number of aliphatic hydroxyl groups excluding tert-OH is 1. The maximum atomic E-state index is 10.5. The lowest BCUT2D eigenvalue weighted by Crippen LogP contribution is -1.93. The third-order valence-corrected chi connectivity index (χ3v) is 1.04. The maximum absolute atomic E-state index is 10.5. The van der Waals surface area contributed by atoms with E-state index >= 15 is 0 Å². The van der Waals surface area contributed by atoms with Gasteiger partial charge in [0.15, 0.2) is 5.78 Å². The highest BCUT2D eigenvalue weighted by atomic mass is 16.3. The lowest BCUT2D eigenvalue weighted by molar-refractivity contribution is -0.112. The Kier molecular flexibility index (Phi) is 3.73.